The number of allylic oxidation sites excluding steroid dienone is 15. The van der Waals surface area contributed by atoms with Crippen molar-refractivity contribution in [1.82, 2.24) is 4.90 Å². The summed E-state index contributed by atoms with van der Waals surface area (Å²) in [4.78, 5) is 5.10. The van der Waals surface area contributed by atoms with Crippen LogP contribution in [0.3, 0.4) is 0 Å². The second-order valence-electron chi connectivity index (χ2n) is 14.2. The van der Waals surface area contributed by atoms with Crippen molar-refractivity contribution in [3.8, 4) is 11.1 Å². The van der Waals surface area contributed by atoms with Gasteiger partial charge >= 0.3 is 0 Å². The van der Waals surface area contributed by atoms with E-state index in [9.17, 15) is 0 Å². The van der Waals surface area contributed by atoms with Crippen LogP contribution in [0.4, 0.5) is 11.4 Å². The van der Waals surface area contributed by atoms with E-state index in [2.05, 4.69) is 207 Å². The van der Waals surface area contributed by atoms with Gasteiger partial charge in [-0.25, -0.2) is 0 Å². The van der Waals surface area contributed by atoms with E-state index in [4.69, 9.17) is 0 Å². The number of benzene rings is 3. The minimum absolute atomic E-state index is 0.388. The van der Waals surface area contributed by atoms with E-state index in [1.807, 2.05) is 0 Å². The van der Waals surface area contributed by atoms with Crippen molar-refractivity contribution in [3.05, 3.63) is 198 Å². The molecule has 0 spiro atoms. The lowest BCUT2D eigenvalue weighted by atomic mass is 9.96. The highest BCUT2D eigenvalue weighted by molar-refractivity contribution is 5.83. The van der Waals surface area contributed by atoms with Gasteiger partial charge in [0.25, 0.3) is 0 Å². The minimum Gasteiger partial charge on any atom is -0.337 e. The molecule has 2 atom stereocenters. The van der Waals surface area contributed by atoms with Gasteiger partial charge in [-0.2, -0.15) is 0 Å². The smallest absolute Gasteiger partial charge is 0.0449 e. The van der Waals surface area contributed by atoms with Crippen LogP contribution < -0.4 is 4.90 Å². The van der Waals surface area contributed by atoms with Gasteiger partial charge in [-0.1, -0.05) is 173 Å². The molecule has 0 radical (unpaired) electrons. The van der Waals surface area contributed by atoms with Gasteiger partial charge in [0.1, 0.15) is 0 Å². The normalized spacial score (nSPS) is 24.5. The average molecular weight is 697 g/mol. The molecule has 2 heteroatoms. The second-order valence-corrected chi connectivity index (χ2v) is 14.2. The zero-order valence-corrected chi connectivity index (χ0v) is 31.9. The van der Waals surface area contributed by atoms with Gasteiger partial charge in [0.05, 0.1) is 0 Å². The summed E-state index contributed by atoms with van der Waals surface area (Å²) in [5.74, 6) is 0.473. The Kier molecular flexibility index (Phi) is 13.9. The van der Waals surface area contributed by atoms with Crippen LogP contribution in [0.1, 0.15) is 57.6 Å². The van der Waals surface area contributed by atoms with Crippen LogP contribution in [0.15, 0.2) is 187 Å². The minimum atomic E-state index is 0.388. The van der Waals surface area contributed by atoms with Crippen LogP contribution in [0, 0.1) is 5.92 Å². The summed E-state index contributed by atoms with van der Waals surface area (Å²) in [6.07, 6.45) is 44.2. The summed E-state index contributed by atoms with van der Waals surface area (Å²) in [5, 5.41) is 0. The lowest BCUT2D eigenvalue weighted by molar-refractivity contribution is 0.280. The highest BCUT2D eigenvalue weighted by Crippen LogP contribution is 2.36. The van der Waals surface area contributed by atoms with Crippen molar-refractivity contribution in [2.75, 3.05) is 24.5 Å². The fourth-order valence-electron chi connectivity index (χ4n) is 7.25. The molecule has 3 aromatic carbocycles. The zero-order valence-electron chi connectivity index (χ0n) is 31.9. The summed E-state index contributed by atoms with van der Waals surface area (Å²) in [5.41, 5.74) is 11.3. The van der Waals surface area contributed by atoms with Crippen molar-refractivity contribution in [1.29, 1.82) is 0 Å². The number of para-hydroxylation sites is 1. The van der Waals surface area contributed by atoms with Crippen molar-refractivity contribution in [2.45, 2.75) is 58.9 Å². The summed E-state index contributed by atoms with van der Waals surface area (Å²) in [7, 11) is 0. The first-order chi connectivity index (χ1) is 26.1. The van der Waals surface area contributed by atoms with Crippen molar-refractivity contribution in [2.24, 2.45) is 5.92 Å². The third kappa shape index (κ3) is 10.5. The molecule has 2 unspecified atom stereocenters. The van der Waals surface area contributed by atoms with Crippen LogP contribution in [0.25, 0.3) is 16.7 Å². The predicted molar refractivity (Wildman–Crippen MR) is 231 cm³/mol. The first kappa shape index (κ1) is 37.6. The van der Waals surface area contributed by atoms with E-state index >= 15 is 0 Å². The molecule has 270 valence electrons. The van der Waals surface area contributed by atoms with E-state index in [1.165, 1.54) is 50.3 Å². The molecular weight excluding hydrogens is 641 g/mol. The largest absolute Gasteiger partial charge is 0.337 e. The monoisotopic (exact) mass is 696 g/mol. The SMILES string of the molecule is CC/C=C\C(=C/CC)c1cc(-c2ccccc2)cc(N2C/C=C(C3=C/CN(C4C=CC=CC4)C/C=C\C=C/C(C)C/C=C\3)\C=C/Cc3ccccc32)c1. The Morgan fingerprint density at radius 1 is 0.698 bits per heavy atom. The predicted octanol–water partition coefficient (Wildman–Crippen LogP) is 13.1. The third-order valence-corrected chi connectivity index (χ3v) is 10.2. The number of rotatable bonds is 8. The Morgan fingerprint density at radius 2 is 1.47 bits per heavy atom. The molecule has 1 aliphatic carbocycles. The number of nitrogens with zero attached hydrogens (tertiary/aromatic N) is 2. The molecule has 6 rings (SSSR count). The van der Waals surface area contributed by atoms with Gasteiger partial charge in [-0.05, 0) is 101 Å². The van der Waals surface area contributed by atoms with Crippen molar-refractivity contribution >= 4 is 16.9 Å². The molecular formula is C51H56N2. The number of hydrogen-bond acceptors (Lipinski definition) is 2. The van der Waals surface area contributed by atoms with E-state index in [0.717, 1.165) is 51.7 Å². The Hall–Kier alpha value is -5.18. The summed E-state index contributed by atoms with van der Waals surface area (Å²) in [6.45, 7) is 9.27. The van der Waals surface area contributed by atoms with Crippen LogP contribution in [0.5, 0.6) is 0 Å². The molecule has 0 bridgehead atoms. The molecule has 0 saturated heterocycles. The standard InChI is InChI=1S/C51H56N2/c1-4-6-23-42(20-5-2)47-38-48(43-24-11-7-12-25-43)40-50(39-47)53-37-34-45(28-19-29-46-26-15-16-32-51(46)53)44-27-18-22-41(3)21-10-9-17-35-52(36-33-44)49-30-13-8-14-31-49/h6-21,23-28,30,32-34,38-41,49H,4-5,22,29,31,35-37H2,1-3H3/b17-9-,21-10-,23-6-,27-18-,28-19-,42-20+,44-33+,45-34+. The lowest BCUT2D eigenvalue weighted by Crippen LogP contribution is -2.34. The molecule has 0 aromatic heterocycles. The third-order valence-electron chi connectivity index (χ3n) is 10.2. The van der Waals surface area contributed by atoms with Gasteiger partial charge in [0.2, 0.25) is 0 Å². The molecule has 53 heavy (non-hydrogen) atoms. The lowest BCUT2D eigenvalue weighted by Gasteiger charge is -2.28. The fraction of sp³-hybridized carbons (Fsp3) is 0.255. The maximum atomic E-state index is 2.58. The maximum Gasteiger partial charge on any atom is 0.0449 e. The van der Waals surface area contributed by atoms with E-state index < -0.39 is 0 Å². The van der Waals surface area contributed by atoms with Gasteiger partial charge < -0.3 is 4.90 Å². The number of fused-ring (bicyclic) bond motifs is 1. The number of hydrogen-bond donors (Lipinski definition) is 0. The Labute approximate surface area is 319 Å². The van der Waals surface area contributed by atoms with Gasteiger partial charge in [0.15, 0.2) is 0 Å². The van der Waals surface area contributed by atoms with Gasteiger partial charge in [-0.15, -0.1) is 0 Å². The fourth-order valence-corrected chi connectivity index (χ4v) is 7.25. The van der Waals surface area contributed by atoms with Crippen LogP contribution >= 0.6 is 0 Å². The first-order valence-electron chi connectivity index (χ1n) is 19.7. The Morgan fingerprint density at radius 3 is 2.28 bits per heavy atom. The zero-order chi connectivity index (χ0) is 36.7. The second kappa shape index (κ2) is 19.6. The molecule has 3 aliphatic rings. The van der Waals surface area contributed by atoms with E-state index in [-0.39, 0.29) is 0 Å². The molecule has 3 aromatic rings. The van der Waals surface area contributed by atoms with E-state index in [0.29, 0.717) is 12.0 Å². The molecule has 0 amide bonds. The van der Waals surface area contributed by atoms with Crippen molar-refractivity contribution in [3.63, 3.8) is 0 Å². The van der Waals surface area contributed by atoms with Crippen LogP contribution in [-0.2, 0) is 6.42 Å². The van der Waals surface area contributed by atoms with Crippen LogP contribution in [-0.4, -0.2) is 30.6 Å². The highest BCUT2D eigenvalue weighted by atomic mass is 15.1. The molecule has 2 nitrogen and oxygen atoms in total. The average Bonchev–Trinajstić information content (AvgIpc) is 3.30. The van der Waals surface area contributed by atoms with Gasteiger partial charge in [0, 0.05) is 37.1 Å². The summed E-state index contributed by atoms with van der Waals surface area (Å²) in [6, 6.07) is 27.3. The highest BCUT2D eigenvalue weighted by Gasteiger charge is 2.18. The van der Waals surface area contributed by atoms with Crippen molar-refractivity contribution < 1.29 is 0 Å². The molecule has 0 N–H and O–H groups in total. The summed E-state index contributed by atoms with van der Waals surface area (Å²) >= 11 is 0. The topological polar surface area (TPSA) is 6.48 Å². The van der Waals surface area contributed by atoms with Crippen LogP contribution in [0.2, 0.25) is 0 Å². The Balaban J connectivity index is 1.45. The summed E-state index contributed by atoms with van der Waals surface area (Å²) < 4.78 is 0. The first-order valence-corrected chi connectivity index (χ1v) is 19.7. The van der Waals surface area contributed by atoms with E-state index in [1.54, 1.807) is 0 Å². The van der Waals surface area contributed by atoms with Gasteiger partial charge in [-0.3, -0.25) is 4.90 Å². The molecule has 2 aliphatic heterocycles. The molecule has 0 saturated carbocycles. The molecule has 2 heterocycles. The Bertz CT molecular complexity index is 1970. The molecule has 0 fully saturated rings. The number of anilines is 2. The maximum absolute atomic E-state index is 2.58. The quantitative estimate of drug-likeness (QED) is 0.216.